The average Bonchev–Trinajstić information content (AvgIpc) is 2.64. The number of nitrogens with zero attached hydrogens (tertiary/aromatic N) is 1. The summed E-state index contributed by atoms with van der Waals surface area (Å²) in [6.07, 6.45) is 7.41. The van der Waals surface area contributed by atoms with Gasteiger partial charge in [0.25, 0.3) is 5.91 Å². The summed E-state index contributed by atoms with van der Waals surface area (Å²) in [7, 11) is 5.37. The Balaban J connectivity index is 2.63. The van der Waals surface area contributed by atoms with Crippen LogP contribution >= 0.6 is 0 Å². The molecule has 0 aliphatic heterocycles. The fourth-order valence-corrected chi connectivity index (χ4v) is 2.84. The van der Waals surface area contributed by atoms with Crippen molar-refractivity contribution in [1.29, 1.82) is 0 Å². The maximum Gasteiger partial charge on any atom is 0.253 e. The predicted molar refractivity (Wildman–Crippen MR) is 112 cm³/mol. The first-order valence-corrected chi connectivity index (χ1v) is 9.88. The van der Waals surface area contributed by atoms with Crippen LogP contribution in [0.5, 0.6) is 0 Å². The second-order valence-electron chi connectivity index (χ2n) is 6.94. The van der Waals surface area contributed by atoms with Crippen LogP contribution in [0.1, 0.15) is 62.2 Å². The molecule has 0 fully saturated rings. The number of carbonyl (C=O) groups is 2. The Morgan fingerprint density at radius 1 is 1.07 bits per heavy atom. The molecular weight excluding hydrogens is 342 g/mol. The molecule has 1 rings (SSSR count). The summed E-state index contributed by atoms with van der Waals surface area (Å²) in [5.74, 6) is -0.184. The molecule has 1 aromatic rings. The van der Waals surface area contributed by atoms with Gasteiger partial charge in [-0.3, -0.25) is 9.59 Å². The lowest BCUT2D eigenvalue weighted by Gasteiger charge is -2.18. The Morgan fingerprint density at radius 3 is 2.44 bits per heavy atom. The lowest BCUT2D eigenvalue weighted by molar-refractivity contribution is -0.116. The smallest absolute Gasteiger partial charge is 0.253 e. The molecule has 0 unspecified atom stereocenters. The second kappa shape index (κ2) is 13.1. The van der Waals surface area contributed by atoms with Gasteiger partial charge in [0.15, 0.2) is 0 Å². The first kappa shape index (κ1) is 23.0. The molecule has 0 heterocycles. The minimum atomic E-state index is -0.178. The van der Waals surface area contributed by atoms with Crippen LogP contribution in [-0.2, 0) is 9.53 Å². The molecule has 0 bridgehead atoms. The molecule has 0 aliphatic carbocycles. The van der Waals surface area contributed by atoms with E-state index in [0.29, 0.717) is 30.8 Å². The van der Waals surface area contributed by atoms with Crippen LogP contribution in [-0.4, -0.2) is 46.2 Å². The van der Waals surface area contributed by atoms with E-state index in [1.165, 1.54) is 25.7 Å². The van der Waals surface area contributed by atoms with Gasteiger partial charge in [0.2, 0.25) is 5.91 Å². The third-order valence-corrected chi connectivity index (χ3v) is 4.36. The molecule has 0 saturated heterocycles. The van der Waals surface area contributed by atoms with Gasteiger partial charge in [-0.1, -0.05) is 39.0 Å². The Kier molecular flexibility index (Phi) is 11.2. The monoisotopic (exact) mass is 377 g/mol. The lowest BCUT2D eigenvalue weighted by Crippen LogP contribution is -2.28. The van der Waals surface area contributed by atoms with E-state index in [4.69, 9.17) is 4.74 Å². The number of ether oxygens (including phenoxy) is 1. The van der Waals surface area contributed by atoms with Gasteiger partial charge in [-0.05, 0) is 24.6 Å². The zero-order valence-electron chi connectivity index (χ0n) is 17.3. The molecule has 6 nitrogen and oxygen atoms in total. The zero-order valence-corrected chi connectivity index (χ0v) is 17.3. The van der Waals surface area contributed by atoms with E-state index in [9.17, 15) is 9.59 Å². The molecule has 152 valence electrons. The average molecular weight is 378 g/mol. The summed E-state index contributed by atoms with van der Waals surface area (Å²) in [6.45, 7) is 3.09. The van der Waals surface area contributed by atoms with Crippen molar-refractivity contribution >= 4 is 23.2 Å². The SMILES string of the molecule is CCCCCCCCC(=O)Nc1ccc(N(C)C)c(C(=O)NCCOC)c1. The van der Waals surface area contributed by atoms with Crippen molar-refractivity contribution in [2.45, 2.75) is 51.9 Å². The number of hydrogen-bond acceptors (Lipinski definition) is 4. The van der Waals surface area contributed by atoms with E-state index < -0.39 is 0 Å². The highest BCUT2D eigenvalue weighted by atomic mass is 16.5. The number of carbonyl (C=O) groups excluding carboxylic acids is 2. The van der Waals surface area contributed by atoms with Crippen molar-refractivity contribution < 1.29 is 14.3 Å². The third-order valence-electron chi connectivity index (χ3n) is 4.36. The van der Waals surface area contributed by atoms with Gasteiger partial charge in [-0.15, -0.1) is 0 Å². The van der Waals surface area contributed by atoms with E-state index in [-0.39, 0.29) is 11.8 Å². The van der Waals surface area contributed by atoms with Crippen LogP contribution in [0.25, 0.3) is 0 Å². The van der Waals surface area contributed by atoms with E-state index in [2.05, 4.69) is 17.6 Å². The van der Waals surface area contributed by atoms with Gasteiger partial charge >= 0.3 is 0 Å². The van der Waals surface area contributed by atoms with Crippen LogP contribution in [0.2, 0.25) is 0 Å². The maximum absolute atomic E-state index is 12.5. The first-order valence-electron chi connectivity index (χ1n) is 9.88. The minimum absolute atomic E-state index is 0.00571. The van der Waals surface area contributed by atoms with E-state index >= 15 is 0 Å². The van der Waals surface area contributed by atoms with Gasteiger partial charge in [0.1, 0.15) is 0 Å². The van der Waals surface area contributed by atoms with Crippen molar-refractivity contribution in [3.05, 3.63) is 23.8 Å². The van der Waals surface area contributed by atoms with Crippen LogP contribution in [0.4, 0.5) is 11.4 Å². The molecule has 2 amide bonds. The van der Waals surface area contributed by atoms with Crippen LogP contribution < -0.4 is 15.5 Å². The zero-order chi connectivity index (χ0) is 20.1. The highest BCUT2D eigenvalue weighted by molar-refractivity contribution is 6.02. The molecule has 0 atom stereocenters. The largest absolute Gasteiger partial charge is 0.383 e. The van der Waals surface area contributed by atoms with Crippen molar-refractivity contribution in [3.63, 3.8) is 0 Å². The molecule has 0 saturated carbocycles. The van der Waals surface area contributed by atoms with Gasteiger partial charge in [0, 0.05) is 45.5 Å². The molecule has 1 aromatic carbocycles. The van der Waals surface area contributed by atoms with Crippen molar-refractivity contribution in [2.24, 2.45) is 0 Å². The summed E-state index contributed by atoms with van der Waals surface area (Å²) in [5, 5.41) is 5.74. The molecule has 0 radical (unpaired) electrons. The summed E-state index contributed by atoms with van der Waals surface area (Å²) in [4.78, 5) is 26.5. The van der Waals surface area contributed by atoms with Crippen molar-refractivity contribution in [3.8, 4) is 0 Å². The standard InChI is InChI=1S/C21H35N3O3/c1-5-6-7-8-9-10-11-20(25)23-17-12-13-19(24(2)3)18(16-17)21(26)22-14-15-27-4/h12-13,16H,5-11,14-15H2,1-4H3,(H,22,26)(H,23,25). The number of methoxy groups -OCH3 is 1. The first-order chi connectivity index (χ1) is 13.0. The Bertz CT molecular complexity index is 588. The highest BCUT2D eigenvalue weighted by Crippen LogP contribution is 2.23. The molecule has 0 spiro atoms. The maximum atomic E-state index is 12.5. The Labute approximate surface area is 163 Å². The van der Waals surface area contributed by atoms with Crippen molar-refractivity contribution in [1.82, 2.24) is 5.32 Å². The van der Waals surface area contributed by atoms with Crippen LogP contribution in [0.3, 0.4) is 0 Å². The lowest BCUT2D eigenvalue weighted by atomic mass is 10.1. The molecule has 27 heavy (non-hydrogen) atoms. The summed E-state index contributed by atoms with van der Waals surface area (Å²) in [6, 6.07) is 5.42. The number of benzene rings is 1. The van der Waals surface area contributed by atoms with Crippen LogP contribution in [0, 0.1) is 0 Å². The van der Waals surface area contributed by atoms with E-state index in [1.807, 2.05) is 31.1 Å². The van der Waals surface area contributed by atoms with Gasteiger partial charge in [0.05, 0.1) is 12.2 Å². The number of amides is 2. The van der Waals surface area contributed by atoms with E-state index in [0.717, 1.165) is 18.5 Å². The number of hydrogen-bond donors (Lipinski definition) is 2. The van der Waals surface area contributed by atoms with Gasteiger partial charge in [-0.2, -0.15) is 0 Å². The Hall–Kier alpha value is -2.08. The molecule has 0 aliphatic rings. The molecule has 0 aromatic heterocycles. The number of rotatable bonds is 13. The normalized spacial score (nSPS) is 10.5. The van der Waals surface area contributed by atoms with Crippen molar-refractivity contribution in [2.75, 3.05) is 44.6 Å². The number of nitrogens with one attached hydrogen (secondary N) is 2. The summed E-state index contributed by atoms with van der Waals surface area (Å²) < 4.78 is 4.97. The summed E-state index contributed by atoms with van der Waals surface area (Å²) >= 11 is 0. The predicted octanol–water partition coefficient (Wildman–Crippen LogP) is 3.82. The second-order valence-corrected chi connectivity index (χ2v) is 6.94. The third kappa shape index (κ3) is 8.91. The van der Waals surface area contributed by atoms with Crippen LogP contribution in [0.15, 0.2) is 18.2 Å². The molecule has 6 heteroatoms. The number of anilines is 2. The van der Waals surface area contributed by atoms with E-state index in [1.54, 1.807) is 13.2 Å². The van der Waals surface area contributed by atoms with Gasteiger partial charge in [-0.25, -0.2) is 0 Å². The highest BCUT2D eigenvalue weighted by Gasteiger charge is 2.14. The minimum Gasteiger partial charge on any atom is -0.383 e. The number of unbranched alkanes of at least 4 members (excludes halogenated alkanes) is 5. The molecule has 2 N–H and O–H groups in total. The fourth-order valence-electron chi connectivity index (χ4n) is 2.84. The quantitative estimate of drug-likeness (QED) is 0.513. The summed E-state index contributed by atoms with van der Waals surface area (Å²) in [5.41, 5.74) is 1.99. The Morgan fingerprint density at radius 2 is 1.78 bits per heavy atom. The fraction of sp³-hybridized carbons (Fsp3) is 0.619. The molecular formula is C21H35N3O3. The topological polar surface area (TPSA) is 70.7 Å². The van der Waals surface area contributed by atoms with Gasteiger partial charge < -0.3 is 20.3 Å².